The van der Waals surface area contributed by atoms with Crippen molar-refractivity contribution in [3.63, 3.8) is 0 Å². The van der Waals surface area contributed by atoms with Crippen LogP contribution in [0.3, 0.4) is 0 Å². The highest BCUT2D eigenvalue weighted by molar-refractivity contribution is 8.00. The number of hydrogen-bond acceptors (Lipinski definition) is 7. The first-order chi connectivity index (χ1) is 21.9. The predicted octanol–water partition coefficient (Wildman–Crippen LogP) is 5.32. The van der Waals surface area contributed by atoms with E-state index in [1.165, 1.54) is 36.0 Å². The van der Waals surface area contributed by atoms with Gasteiger partial charge in [-0.05, 0) is 84.8 Å². The van der Waals surface area contributed by atoms with Gasteiger partial charge in [0.15, 0.2) is 0 Å². The molecule has 0 saturated carbocycles. The zero-order chi connectivity index (χ0) is 33.3. The number of amides is 3. The number of carbonyl (C=O) groups excluding carboxylic acids is 3. The molecule has 10 nitrogen and oxygen atoms in total. The zero-order valence-corrected chi connectivity index (χ0v) is 27.2. The maximum Gasteiger partial charge on any atom is 0.272 e. The van der Waals surface area contributed by atoms with E-state index in [9.17, 15) is 22.8 Å². The molecule has 12 heteroatoms. The third-order valence-electron chi connectivity index (χ3n) is 6.73. The van der Waals surface area contributed by atoms with Gasteiger partial charge in [0, 0.05) is 41.6 Å². The molecular formula is C34H35N5O5S2. The number of hydrogen-bond donors (Lipinski definition) is 4. The van der Waals surface area contributed by atoms with Crippen LogP contribution < -0.4 is 26.0 Å². The normalized spacial score (nSPS) is 12.1. The Labute approximate surface area is 273 Å². The van der Waals surface area contributed by atoms with E-state index in [1.807, 2.05) is 56.3 Å². The molecule has 0 aliphatic rings. The molecule has 0 fully saturated rings. The van der Waals surface area contributed by atoms with Gasteiger partial charge >= 0.3 is 0 Å². The molecule has 1 unspecified atom stereocenters. The van der Waals surface area contributed by atoms with Crippen LogP contribution in [0.4, 0.5) is 17.1 Å². The van der Waals surface area contributed by atoms with E-state index in [4.69, 9.17) is 5.14 Å². The number of nitrogens with two attached hydrogens (primary N) is 1. The Bertz CT molecular complexity index is 1830. The van der Waals surface area contributed by atoms with Crippen molar-refractivity contribution >= 4 is 62.6 Å². The Kier molecular flexibility index (Phi) is 11.4. The van der Waals surface area contributed by atoms with Crippen molar-refractivity contribution in [3.05, 3.63) is 120 Å². The Morgan fingerprint density at radius 3 is 2.13 bits per heavy atom. The van der Waals surface area contributed by atoms with Crippen molar-refractivity contribution in [2.75, 3.05) is 29.6 Å². The predicted molar refractivity (Wildman–Crippen MR) is 184 cm³/mol. The van der Waals surface area contributed by atoms with Gasteiger partial charge < -0.3 is 20.9 Å². The van der Waals surface area contributed by atoms with Gasteiger partial charge in [0.05, 0.1) is 10.1 Å². The van der Waals surface area contributed by atoms with Crippen molar-refractivity contribution < 1.29 is 22.8 Å². The van der Waals surface area contributed by atoms with Crippen LogP contribution in [-0.2, 0) is 19.6 Å². The first-order valence-electron chi connectivity index (χ1n) is 14.3. The second kappa shape index (κ2) is 15.4. The van der Waals surface area contributed by atoms with Gasteiger partial charge in [-0.25, -0.2) is 13.6 Å². The minimum atomic E-state index is -3.84. The Hall–Kier alpha value is -4.91. The molecule has 46 heavy (non-hydrogen) atoms. The average molecular weight is 658 g/mol. The van der Waals surface area contributed by atoms with Gasteiger partial charge in [-0.1, -0.05) is 43.3 Å². The number of nitrogens with one attached hydrogen (secondary N) is 3. The Balaban J connectivity index is 1.49. The summed E-state index contributed by atoms with van der Waals surface area (Å²) in [5.74, 6) is -1.21. The quantitative estimate of drug-likeness (QED) is 0.119. The number of anilines is 3. The van der Waals surface area contributed by atoms with Crippen molar-refractivity contribution in [1.82, 2.24) is 5.32 Å². The molecule has 0 bridgehead atoms. The molecule has 0 heterocycles. The first kappa shape index (κ1) is 34.0. The SMILES string of the molecule is CCC(Sc1cccc(NC(=O)/C(=C\c2ccc(N(C)C)cc2)NC(=O)c2ccccc2)c1)C(=O)Nc1ccc(S(N)(=O)=O)cc1. The summed E-state index contributed by atoms with van der Waals surface area (Å²) in [5.41, 5.74) is 3.10. The van der Waals surface area contributed by atoms with Crippen LogP contribution in [0.5, 0.6) is 0 Å². The lowest BCUT2D eigenvalue weighted by Crippen LogP contribution is -2.30. The minimum Gasteiger partial charge on any atom is -0.378 e. The summed E-state index contributed by atoms with van der Waals surface area (Å²) in [6.45, 7) is 1.88. The highest BCUT2D eigenvalue weighted by atomic mass is 32.2. The summed E-state index contributed by atoms with van der Waals surface area (Å²) in [4.78, 5) is 42.2. The Morgan fingerprint density at radius 1 is 0.848 bits per heavy atom. The van der Waals surface area contributed by atoms with Crippen LogP contribution in [0.1, 0.15) is 29.3 Å². The fraction of sp³-hybridized carbons (Fsp3) is 0.147. The monoisotopic (exact) mass is 657 g/mol. The molecule has 1 atom stereocenters. The van der Waals surface area contributed by atoms with Crippen molar-refractivity contribution in [2.45, 2.75) is 28.4 Å². The van der Waals surface area contributed by atoms with Gasteiger partial charge in [-0.15, -0.1) is 11.8 Å². The second-order valence-electron chi connectivity index (χ2n) is 10.4. The third kappa shape index (κ3) is 9.54. The van der Waals surface area contributed by atoms with Gasteiger partial charge in [0.1, 0.15) is 5.70 Å². The molecule has 0 saturated heterocycles. The molecule has 0 aliphatic heterocycles. The lowest BCUT2D eigenvalue weighted by atomic mass is 10.1. The van der Waals surface area contributed by atoms with Gasteiger partial charge in [0.2, 0.25) is 15.9 Å². The number of nitrogens with zero attached hydrogens (tertiary/aromatic N) is 1. The van der Waals surface area contributed by atoms with Crippen LogP contribution in [0, 0.1) is 0 Å². The molecule has 0 aromatic heterocycles. The maximum absolute atomic E-state index is 13.5. The molecule has 0 spiro atoms. The van der Waals surface area contributed by atoms with Gasteiger partial charge in [0.25, 0.3) is 11.8 Å². The summed E-state index contributed by atoms with van der Waals surface area (Å²) >= 11 is 1.32. The van der Waals surface area contributed by atoms with E-state index in [0.29, 0.717) is 23.4 Å². The summed E-state index contributed by atoms with van der Waals surface area (Å²) in [6, 6.07) is 28.9. The largest absolute Gasteiger partial charge is 0.378 e. The maximum atomic E-state index is 13.5. The van der Waals surface area contributed by atoms with Gasteiger partial charge in [-0.3, -0.25) is 14.4 Å². The molecule has 238 valence electrons. The van der Waals surface area contributed by atoms with E-state index in [0.717, 1.165) is 16.1 Å². The molecule has 4 aromatic carbocycles. The van der Waals surface area contributed by atoms with Gasteiger partial charge in [-0.2, -0.15) is 0 Å². The van der Waals surface area contributed by atoms with E-state index in [-0.39, 0.29) is 16.5 Å². The highest BCUT2D eigenvalue weighted by Crippen LogP contribution is 2.29. The molecule has 0 aliphatic carbocycles. The third-order valence-corrected chi connectivity index (χ3v) is 9.02. The molecular weight excluding hydrogens is 623 g/mol. The molecule has 4 aromatic rings. The van der Waals surface area contributed by atoms with Crippen molar-refractivity contribution in [2.24, 2.45) is 5.14 Å². The van der Waals surface area contributed by atoms with Crippen molar-refractivity contribution in [1.29, 1.82) is 0 Å². The number of thioether (sulfide) groups is 1. The van der Waals surface area contributed by atoms with Crippen LogP contribution >= 0.6 is 11.8 Å². The molecule has 4 rings (SSSR count). The highest BCUT2D eigenvalue weighted by Gasteiger charge is 2.20. The smallest absolute Gasteiger partial charge is 0.272 e. The number of carbonyl (C=O) groups is 3. The van der Waals surface area contributed by atoms with Crippen LogP contribution in [0.15, 0.2) is 119 Å². The standard InChI is InChI=1S/C34H35N5O5S2/c1-4-31(34(42)36-25-15-19-29(20-16-25)46(35,43)44)45-28-12-8-11-26(22-28)37-33(41)30(38-32(40)24-9-6-5-7-10-24)21-23-13-17-27(18-14-23)39(2)3/h5-22,31H,4H2,1-3H3,(H,36,42)(H,37,41)(H,38,40)(H2,35,43,44)/b30-21+. The van der Waals surface area contributed by atoms with Crippen molar-refractivity contribution in [3.8, 4) is 0 Å². The molecule has 0 radical (unpaired) electrons. The lowest BCUT2D eigenvalue weighted by molar-refractivity contribution is -0.116. The summed E-state index contributed by atoms with van der Waals surface area (Å²) < 4.78 is 23.0. The van der Waals surface area contributed by atoms with E-state index in [1.54, 1.807) is 54.6 Å². The Morgan fingerprint density at radius 2 is 1.52 bits per heavy atom. The summed E-state index contributed by atoms with van der Waals surface area (Å²) in [5, 5.41) is 13.1. The zero-order valence-electron chi connectivity index (χ0n) is 25.6. The van der Waals surface area contributed by atoms with Crippen LogP contribution in [0.2, 0.25) is 0 Å². The topological polar surface area (TPSA) is 151 Å². The lowest BCUT2D eigenvalue weighted by Gasteiger charge is -2.16. The number of rotatable bonds is 12. The molecule has 5 N–H and O–H groups in total. The number of benzene rings is 4. The van der Waals surface area contributed by atoms with E-state index >= 15 is 0 Å². The fourth-order valence-corrected chi connectivity index (χ4v) is 5.79. The summed E-state index contributed by atoms with van der Waals surface area (Å²) in [7, 11) is 0.0268. The van der Waals surface area contributed by atoms with Crippen LogP contribution in [0.25, 0.3) is 6.08 Å². The number of primary sulfonamides is 1. The average Bonchev–Trinajstić information content (AvgIpc) is 3.04. The second-order valence-corrected chi connectivity index (χ2v) is 13.3. The first-order valence-corrected chi connectivity index (χ1v) is 16.7. The minimum absolute atomic E-state index is 0.0503. The molecule has 3 amide bonds. The van der Waals surface area contributed by atoms with Crippen LogP contribution in [-0.4, -0.2) is 45.5 Å². The van der Waals surface area contributed by atoms with E-state index in [2.05, 4.69) is 16.0 Å². The fourth-order valence-electron chi connectivity index (χ4n) is 4.26. The summed E-state index contributed by atoms with van der Waals surface area (Å²) in [6.07, 6.45) is 2.12. The van der Waals surface area contributed by atoms with E-state index < -0.39 is 27.1 Å². The number of sulfonamides is 1.